The SMILES string of the molecule is Cc1nn(-c2ccccc2)c2nc3ccc(N(C)C)cc3cc12. The van der Waals surface area contributed by atoms with Crippen molar-refractivity contribution in [2.45, 2.75) is 6.92 Å². The van der Waals surface area contributed by atoms with E-state index in [1.54, 1.807) is 0 Å². The fraction of sp³-hybridized carbons (Fsp3) is 0.158. The van der Waals surface area contributed by atoms with Gasteiger partial charge < -0.3 is 4.90 Å². The number of rotatable bonds is 2. The molecule has 0 saturated heterocycles. The summed E-state index contributed by atoms with van der Waals surface area (Å²) in [7, 11) is 4.09. The first-order chi connectivity index (χ1) is 11.1. The Morgan fingerprint density at radius 1 is 0.957 bits per heavy atom. The maximum Gasteiger partial charge on any atom is 0.163 e. The summed E-state index contributed by atoms with van der Waals surface area (Å²) in [6, 6.07) is 18.7. The second-order valence-electron chi connectivity index (χ2n) is 5.96. The standard InChI is InChI=1S/C19H18N4/c1-13-17-12-14-11-16(22(2)3)9-10-18(14)20-19(17)23(21-13)15-7-5-4-6-8-15/h4-12H,1-3H3. The molecule has 0 aliphatic carbocycles. The Hall–Kier alpha value is -2.88. The molecule has 4 rings (SSSR count). The number of aryl methyl sites for hydroxylation is 1. The average molecular weight is 302 g/mol. The van der Waals surface area contributed by atoms with E-state index in [0.29, 0.717) is 0 Å². The molecule has 0 saturated carbocycles. The number of anilines is 1. The van der Waals surface area contributed by atoms with Gasteiger partial charge in [0.2, 0.25) is 0 Å². The van der Waals surface area contributed by atoms with Crippen LogP contribution in [0.25, 0.3) is 27.6 Å². The first kappa shape index (κ1) is 13.8. The van der Waals surface area contributed by atoms with Crippen LogP contribution in [0.4, 0.5) is 5.69 Å². The molecule has 0 bridgehead atoms. The normalized spacial score (nSPS) is 11.3. The predicted molar refractivity (Wildman–Crippen MR) is 95.4 cm³/mol. The molecule has 0 radical (unpaired) electrons. The largest absolute Gasteiger partial charge is 0.378 e. The molecule has 4 aromatic rings. The summed E-state index contributed by atoms with van der Waals surface area (Å²) in [4.78, 5) is 6.96. The Kier molecular flexibility index (Phi) is 3.05. The molecule has 0 atom stereocenters. The van der Waals surface area contributed by atoms with Gasteiger partial charge in [0.15, 0.2) is 5.65 Å². The van der Waals surface area contributed by atoms with Crippen molar-refractivity contribution >= 4 is 27.6 Å². The summed E-state index contributed by atoms with van der Waals surface area (Å²) in [6.45, 7) is 2.03. The number of aromatic nitrogens is 3. The first-order valence-corrected chi connectivity index (χ1v) is 7.66. The molecule has 2 heterocycles. The van der Waals surface area contributed by atoms with Crippen LogP contribution in [-0.4, -0.2) is 28.9 Å². The third-order valence-corrected chi connectivity index (χ3v) is 4.14. The highest BCUT2D eigenvalue weighted by atomic mass is 15.3. The van der Waals surface area contributed by atoms with Crippen molar-refractivity contribution in [2.24, 2.45) is 0 Å². The molecule has 2 aromatic carbocycles. The molecule has 0 fully saturated rings. The molecule has 0 spiro atoms. The van der Waals surface area contributed by atoms with E-state index in [4.69, 9.17) is 4.98 Å². The molecule has 114 valence electrons. The average Bonchev–Trinajstić information content (AvgIpc) is 2.89. The van der Waals surface area contributed by atoms with E-state index in [2.05, 4.69) is 34.3 Å². The van der Waals surface area contributed by atoms with E-state index >= 15 is 0 Å². The quantitative estimate of drug-likeness (QED) is 0.562. The summed E-state index contributed by atoms with van der Waals surface area (Å²) in [5.41, 5.74) is 5.08. The van der Waals surface area contributed by atoms with Gasteiger partial charge in [0.05, 0.1) is 16.9 Å². The topological polar surface area (TPSA) is 34.0 Å². The summed E-state index contributed by atoms with van der Waals surface area (Å²) in [5, 5.41) is 6.92. The van der Waals surface area contributed by atoms with Crippen molar-refractivity contribution in [3.8, 4) is 5.69 Å². The van der Waals surface area contributed by atoms with Crippen molar-refractivity contribution in [1.29, 1.82) is 0 Å². The Bertz CT molecular complexity index is 1000. The Balaban J connectivity index is 2.00. The van der Waals surface area contributed by atoms with Gasteiger partial charge in [0, 0.05) is 30.6 Å². The zero-order valence-corrected chi connectivity index (χ0v) is 13.5. The molecular formula is C19H18N4. The van der Waals surface area contributed by atoms with E-state index in [0.717, 1.165) is 33.3 Å². The van der Waals surface area contributed by atoms with Gasteiger partial charge in [-0.05, 0) is 43.3 Å². The van der Waals surface area contributed by atoms with E-state index in [9.17, 15) is 0 Å². The number of benzene rings is 2. The zero-order valence-electron chi connectivity index (χ0n) is 13.5. The summed E-state index contributed by atoms with van der Waals surface area (Å²) in [6.07, 6.45) is 0. The molecule has 0 aliphatic rings. The Labute approximate surface area is 135 Å². The molecule has 4 heteroatoms. The second-order valence-corrected chi connectivity index (χ2v) is 5.96. The fourth-order valence-electron chi connectivity index (χ4n) is 2.86. The molecule has 0 aliphatic heterocycles. The number of fused-ring (bicyclic) bond motifs is 2. The van der Waals surface area contributed by atoms with Crippen LogP contribution in [0.1, 0.15) is 5.69 Å². The Morgan fingerprint density at radius 3 is 2.48 bits per heavy atom. The van der Waals surface area contributed by atoms with E-state index in [-0.39, 0.29) is 0 Å². The lowest BCUT2D eigenvalue weighted by atomic mass is 10.1. The van der Waals surface area contributed by atoms with Crippen LogP contribution in [0.5, 0.6) is 0 Å². The minimum Gasteiger partial charge on any atom is -0.378 e. The minimum atomic E-state index is 0.902. The molecule has 0 amide bonds. The van der Waals surface area contributed by atoms with E-state index in [1.807, 2.05) is 56.0 Å². The van der Waals surface area contributed by atoms with Crippen molar-refractivity contribution in [3.05, 3.63) is 60.3 Å². The lowest BCUT2D eigenvalue weighted by Crippen LogP contribution is -2.08. The van der Waals surface area contributed by atoms with Crippen molar-refractivity contribution in [1.82, 2.24) is 14.8 Å². The number of pyridine rings is 1. The summed E-state index contributed by atoms with van der Waals surface area (Å²) >= 11 is 0. The smallest absolute Gasteiger partial charge is 0.163 e. The fourth-order valence-corrected chi connectivity index (χ4v) is 2.86. The number of nitrogens with zero attached hydrogens (tertiary/aromatic N) is 4. The monoisotopic (exact) mass is 302 g/mol. The molecule has 2 aromatic heterocycles. The van der Waals surface area contributed by atoms with E-state index in [1.165, 1.54) is 5.69 Å². The van der Waals surface area contributed by atoms with Crippen LogP contribution in [-0.2, 0) is 0 Å². The van der Waals surface area contributed by atoms with Crippen LogP contribution in [0, 0.1) is 6.92 Å². The van der Waals surface area contributed by atoms with Crippen LogP contribution < -0.4 is 4.90 Å². The molecule has 4 nitrogen and oxygen atoms in total. The lowest BCUT2D eigenvalue weighted by Gasteiger charge is -2.12. The van der Waals surface area contributed by atoms with Gasteiger partial charge >= 0.3 is 0 Å². The minimum absolute atomic E-state index is 0.902. The second kappa shape index (κ2) is 5.09. The highest BCUT2D eigenvalue weighted by Crippen LogP contribution is 2.26. The van der Waals surface area contributed by atoms with Gasteiger partial charge in [0.1, 0.15) is 0 Å². The van der Waals surface area contributed by atoms with Gasteiger partial charge in [-0.3, -0.25) is 0 Å². The molecule has 23 heavy (non-hydrogen) atoms. The van der Waals surface area contributed by atoms with Crippen molar-refractivity contribution in [3.63, 3.8) is 0 Å². The van der Waals surface area contributed by atoms with Gasteiger partial charge in [0.25, 0.3) is 0 Å². The van der Waals surface area contributed by atoms with Gasteiger partial charge in [-0.1, -0.05) is 18.2 Å². The molecular weight excluding hydrogens is 284 g/mol. The van der Waals surface area contributed by atoms with Crippen LogP contribution in [0.15, 0.2) is 54.6 Å². The van der Waals surface area contributed by atoms with Gasteiger partial charge in [-0.15, -0.1) is 0 Å². The zero-order chi connectivity index (χ0) is 16.0. The highest BCUT2D eigenvalue weighted by Gasteiger charge is 2.12. The maximum absolute atomic E-state index is 4.86. The lowest BCUT2D eigenvalue weighted by molar-refractivity contribution is 0.879. The van der Waals surface area contributed by atoms with Crippen LogP contribution >= 0.6 is 0 Å². The van der Waals surface area contributed by atoms with Crippen molar-refractivity contribution < 1.29 is 0 Å². The van der Waals surface area contributed by atoms with Crippen molar-refractivity contribution in [2.75, 3.05) is 19.0 Å². The predicted octanol–water partition coefficient (Wildman–Crippen LogP) is 3.95. The maximum atomic E-state index is 4.86. The van der Waals surface area contributed by atoms with Crippen LogP contribution in [0.3, 0.4) is 0 Å². The number of para-hydroxylation sites is 1. The first-order valence-electron chi connectivity index (χ1n) is 7.66. The van der Waals surface area contributed by atoms with Gasteiger partial charge in [-0.25, -0.2) is 9.67 Å². The number of hydrogen-bond donors (Lipinski definition) is 0. The number of hydrogen-bond acceptors (Lipinski definition) is 3. The third-order valence-electron chi connectivity index (χ3n) is 4.14. The highest BCUT2D eigenvalue weighted by molar-refractivity contribution is 5.94. The third kappa shape index (κ3) is 2.23. The van der Waals surface area contributed by atoms with Crippen LogP contribution in [0.2, 0.25) is 0 Å². The summed E-state index contributed by atoms with van der Waals surface area (Å²) in [5.74, 6) is 0. The van der Waals surface area contributed by atoms with E-state index < -0.39 is 0 Å². The Morgan fingerprint density at radius 2 is 1.74 bits per heavy atom. The summed E-state index contributed by atoms with van der Waals surface area (Å²) < 4.78 is 1.92. The molecule has 0 unspecified atom stereocenters. The van der Waals surface area contributed by atoms with Gasteiger partial charge in [-0.2, -0.15) is 5.10 Å². The molecule has 0 N–H and O–H groups in total.